The number of sulfone groups is 1. The molecule has 1 saturated carbocycles. The van der Waals surface area contributed by atoms with E-state index in [9.17, 15) is 42.4 Å². The molecule has 3 heterocycles. The van der Waals surface area contributed by atoms with Gasteiger partial charge in [-0.05, 0) is 31.7 Å². The van der Waals surface area contributed by atoms with Crippen molar-refractivity contribution in [2.24, 2.45) is 11.8 Å². The third-order valence-electron chi connectivity index (χ3n) is 8.67. The fourth-order valence-electron chi connectivity index (χ4n) is 5.17. The number of aliphatic hydroxyl groups is 2. The first-order chi connectivity index (χ1) is 23.5. The van der Waals surface area contributed by atoms with E-state index in [0.29, 0.717) is 23.9 Å². The van der Waals surface area contributed by atoms with Crippen LogP contribution in [-0.4, -0.2) is 95.5 Å². The molecule has 2 aliphatic rings. The number of hydrogen-bond acceptors (Lipinski definition) is 15. The zero-order valence-corrected chi connectivity index (χ0v) is 30.3. The predicted octanol–water partition coefficient (Wildman–Crippen LogP) is 3.79. The Labute approximate surface area is 293 Å². The van der Waals surface area contributed by atoms with Crippen molar-refractivity contribution in [1.29, 1.82) is 5.26 Å². The van der Waals surface area contributed by atoms with Crippen LogP contribution in [-0.2, 0) is 47.2 Å². The smallest absolute Gasteiger partial charge is 0.351 e. The molecule has 20 heteroatoms. The van der Waals surface area contributed by atoms with Crippen LogP contribution >= 0.6 is 19.2 Å². The van der Waals surface area contributed by atoms with Gasteiger partial charge >= 0.3 is 19.5 Å². The molecular weight excluding hydrogens is 726 g/mol. The molecule has 278 valence electrons. The van der Waals surface area contributed by atoms with Crippen LogP contribution in [0.4, 0.5) is 10.1 Å². The number of pyridine rings is 1. The first-order valence-electron chi connectivity index (χ1n) is 16.0. The number of nitrogens with one attached hydrogen (secondary N) is 1. The summed E-state index contributed by atoms with van der Waals surface area (Å²) in [6.45, 7) is 4.81. The van der Waals surface area contributed by atoms with E-state index in [1.807, 2.05) is 6.07 Å². The molecule has 0 radical (unpaired) electrons. The van der Waals surface area contributed by atoms with E-state index in [4.69, 9.17) is 34.9 Å². The number of carbonyl (C=O) groups is 2. The monoisotopic (exact) mass is 766 g/mol. The van der Waals surface area contributed by atoms with Crippen molar-refractivity contribution >= 4 is 57.7 Å². The van der Waals surface area contributed by atoms with Gasteiger partial charge in [0.1, 0.15) is 41.8 Å². The van der Waals surface area contributed by atoms with E-state index < -0.39 is 96.8 Å². The zero-order chi connectivity index (χ0) is 37.0. The number of esters is 2. The summed E-state index contributed by atoms with van der Waals surface area (Å²) in [4.78, 5) is 28.4. The van der Waals surface area contributed by atoms with Crippen LogP contribution in [0.5, 0.6) is 0 Å². The van der Waals surface area contributed by atoms with Gasteiger partial charge in [-0.2, -0.15) is 5.26 Å². The molecule has 0 spiro atoms. The molecule has 1 aliphatic carbocycles. The summed E-state index contributed by atoms with van der Waals surface area (Å²) < 4.78 is 81.0. The highest BCUT2D eigenvalue weighted by Crippen LogP contribution is 2.50. The Balaban J connectivity index is 1.51. The van der Waals surface area contributed by atoms with Crippen LogP contribution in [0.1, 0.15) is 65.2 Å². The number of aromatic nitrogens is 2. The summed E-state index contributed by atoms with van der Waals surface area (Å²) in [5.74, 6) is -3.39. The van der Waals surface area contributed by atoms with Gasteiger partial charge in [0.2, 0.25) is 13.6 Å². The van der Waals surface area contributed by atoms with Crippen LogP contribution in [0.3, 0.4) is 0 Å². The molecule has 0 unspecified atom stereocenters. The van der Waals surface area contributed by atoms with Gasteiger partial charge in [-0.15, -0.1) is 0 Å². The average molecular weight is 767 g/mol. The van der Waals surface area contributed by atoms with E-state index in [2.05, 4.69) is 10.3 Å². The van der Waals surface area contributed by atoms with Crippen molar-refractivity contribution < 1.29 is 60.4 Å². The van der Waals surface area contributed by atoms with Gasteiger partial charge in [-0.3, -0.25) is 23.2 Å². The van der Waals surface area contributed by atoms with Crippen LogP contribution < -0.4 is 5.32 Å². The van der Waals surface area contributed by atoms with Crippen molar-refractivity contribution in [1.82, 2.24) is 9.55 Å². The molecule has 16 nitrogen and oxygen atoms in total. The van der Waals surface area contributed by atoms with Crippen molar-refractivity contribution in [3.63, 3.8) is 0 Å². The van der Waals surface area contributed by atoms with Crippen molar-refractivity contribution in [2.45, 2.75) is 90.1 Å². The highest BCUT2D eigenvalue weighted by molar-refractivity contribution is 7.97. The number of anilines is 1. The molecule has 3 N–H and O–H groups in total. The van der Waals surface area contributed by atoms with Gasteiger partial charge in [-0.25, -0.2) is 17.8 Å². The fourth-order valence-corrected chi connectivity index (χ4v) is 9.61. The van der Waals surface area contributed by atoms with Crippen LogP contribution in [0.15, 0.2) is 12.3 Å². The maximum absolute atomic E-state index is 13.6. The third kappa shape index (κ3) is 9.31. The Bertz CT molecular complexity index is 1720. The molecule has 50 heavy (non-hydrogen) atoms. The van der Waals surface area contributed by atoms with Crippen LogP contribution in [0.2, 0.25) is 5.15 Å². The Hall–Kier alpha value is -2.88. The summed E-state index contributed by atoms with van der Waals surface area (Å²) in [6.07, 6.45) is -4.58. The summed E-state index contributed by atoms with van der Waals surface area (Å²) in [5.41, 5.74) is -0.844. The van der Waals surface area contributed by atoms with Gasteiger partial charge in [0.25, 0.3) is 0 Å². The number of hydrogen-bond donors (Lipinski definition) is 3. The van der Waals surface area contributed by atoms with Crippen molar-refractivity contribution in [3.8, 4) is 6.07 Å². The molecule has 1 saturated heterocycles. The van der Waals surface area contributed by atoms with Gasteiger partial charge in [0, 0.05) is 17.6 Å². The minimum Gasteiger partial charge on any atom is -0.438 e. The van der Waals surface area contributed by atoms with E-state index >= 15 is 0 Å². The molecule has 2 fully saturated rings. The number of ether oxygens (including phenoxy) is 3. The largest absolute Gasteiger partial charge is 0.438 e. The van der Waals surface area contributed by atoms with Crippen molar-refractivity contribution in [2.75, 3.05) is 30.1 Å². The van der Waals surface area contributed by atoms with Gasteiger partial charge in [0.05, 0.1) is 23.3 Å². The molecule has 2 aromatic heterocycles. The lowest BCUT2D eigenvalue weighted by molar-refractivity contribution is -0.156. The molecular formula is C30H41ClFN4O12PS. The maximum atomic E-state index is 13.6. The second-order valence-corrected chi connectivity index (χ2v) is 17.3. The lowest BCUT2D eigenvalue weighted by atomic mass is 9.90. The van der Waals surface area contributed by atoms with E-state index in [1.54, 1.807) is 33.8 Å². The number of nitriles is 1. The lowest BCUT2D eigenvalue weighted by Crippen LogP contribution is -2.36. The second-order valence-electron chi connectivity index (χ2n) is 12.4. The van der Waals surface area contributed by atoms with Gasteiger partial charge in [-0.1, -0.05) is 39.3 Å². The molecule has 0 aromatic carbocycles. The first-order valence-corrected chi connectivity index (χ1v) is 19.9. The molecule has 2 aromatic rings. The summed E-state index contributed by atoms with van der Waals surface area (Å²) in [6, 6.07) is 3.27. The number of alkyl halides is 1. The highest BCUT2D eigenvalue weighted by Gasteiger charge is 2.47. The Morgan fingerprint density at radius 3 is 2.26 bits per heavy atom. The standard InChI is InChI=1S/C30H41ClFN4O12PS/c1-5-16(3)29(39)44-13-46-49(41,47-14-45-30(40)17(4)6-2)15-50(42,43)12-22-24(37)25(38)28(48-22)36-8-7-20-23(34-19-9-18(32)10-19)21(11-33)26(31)35-27(20)36/h7-8,16-19,22,24-25,28,37-38H,5-6,9-10,12-15H2,1-4H3,(H,34,35)/t16-,17-,18?,19?,22-,24-,25-,28-/m1/s1. The minimum atomic E-state index is -4.68. The molecule has 1 aliphatic heterocycles. The average Bonchev–Trinajstić information content (AvgIpc) is 3.58. The summed E-state index contributed by atoms with van der Waals surface area (Å²) >= 11 is 6.31. The number of carbonyl (C=O) groups excluding carboxylic acids is 2. The quantitative estimate of drug-likeness (QED) is 0.0901. The van der Waals surface area contributed by atoms with E-state index in [1.165, 1.54) is 10.8 Å². The molecule has 4 rings (SSSR count). The number of nitrogens with zero attached hydrogens (tertiary/aromatic N) is 3. The maximum Gasteiger partial charge on any atom is 0.351 e. The fraction of sp³-hybridized carbons (Fsp3) is 0.667. The molecule has 0 amide bonds. The number of rotatable bonds is 17. The first kappa shape index (κ1) is 39.9. The van der Waals surface area contributed by atoms with E-state index in [0.717, 1.165) is 0 Å². The Kier molecular flexibility index (Phi) is 13.3. The summed E-state index contributed by atoms with van der Waals surface area (Å²) in [7, 11) is -9.19. The minimum absolute atomic E-state index is 0.0225. The molecule has 6 atom stereocenters. The molecule has 0 bridgehead atoms. The number of aliphatic hydroxyl groups excluding tert-OH is 2. The summed E-state index contributed by atoms with van der Waals surface area (Å²) in [5, 5.41) is 34.8. The normalized spacial score (nSPS) is 25.0. The topological polar surface area (TPSA) is 226 Å². The van der Waals surface area contributed by atoms with Crippen LogP contribution in [0, 0.1) is 23.2 Å². The lowest BCUT2D eigenvalue weighted by Gasteiger charge is -2.31. The van der Waals surface area contributed by atoms with Gasteiger partial charge in [0.15, 0.2) is 26.7 Å². The van der Waals surface area contributed by atoms with Crippen LogP contribution in [0.25, 0.3) is 11.0 Å². The van der Waals surface area contributed by atoms with Crippen molar-refractivity contribution in [3.05, 3.63) is 23.0 Å². The number of fused-ring (bicyclic) bond motifs is 1. The second kappa shape index (κ2) is 16.6. The van der Waals surface area contributed by atoms with Gasteiger partial charge < -0.3 is 34.3 Å². The zero-order valence-electron chi connectivity index (χ0n) is 27.9. The predicted molar refractivity (Wildman–Crippen MR) is 176 cm³/mol. The third-order valence-corrected chi connectivity index (χ3v) is 13.6. The Morgan fingerprint density at radius 2 is 1.74 bits per heavy atom. The van der Waals surface area contributed by atoms with E-state index in [-0.39, 0.29) is 35.2 Å². The Morgan fingerprint density at radius 1 is 1.16 bits per heavy atom. The number of halogens is 2. The SMILES string of the molecule is CC[C@@H](C)C(=O)OCOP(=O)(CS(=O)(=O)C[C@H]1O[C@@H](n2ccc3c(NC4CC(F)C4)c(C#N)c(Cl)nc32)[C@H](O)[C@@H]1O)OCOC(=O)[C@H](C)CC. The highest BCUT2D eigenvalue weighted by atomic mass is 35.5.